The molecule has 10 heteroatoms. The lowest BCUT2D eigenvalue weighted by molar-refractivity contribution is 0.560. The smallest absolute Gasteiger partial charge is 0.181 e. The molecule has 5 atom stereocenters. The van der Waals surface area contributed by atoms with Crippen molar-refractivity contribution in [1.29, 1.82) is 0 Å². The van der Waals surface area contributed by atoms with E-state index in [1.807, 2.05) is 61.9 Å². The molecule has 0 saturated carbocycles. The molecule has 1 fully saturated rings. The highest BCUT2D eigenvalue weighted by molar-refractivity contribution is 6.46. The Labute approximate surface area is 233 Å². The van der Waals surface area contributed by atoms with E-state index in [1.54, 1.807) is 18.3 Å². The van der Waals surface area contributed by atoms with Crippen LogP contribution >= 0.6 is 58.0 Å². The molecular weight excluding hydrogens is 560 g/mol. The van der Waals surface area contributed by atoms with Crippen LogP contribution in [0.5, 0.6) is 0 Å². The zero-order chi connectivity index (χ0) is 25.3. The number of nitrogens with zero attached hydrogens (tertiary/aromatic N) is 3. The molecule has 5 unspecified atom stereocenters. The van der Waals surface area contributed by atoms with Gasteiger partial charge < -0.3 is 10.3 Å². The second-order valence-electron chi connectivity index (χ2n) is 9.08. The number of rotatable bonds is 1. The topological polar surface area (TPSA) is 65.4 Å². The lowest BCUT2D eigenvalue weighted by atomic mass is 9.87. The summed E-state index contributed by atoms with van der Waals surface area (Å²) >= 11 is 35.4. The normalized spacial score (nSPS) is 34.7. The summed E-state index contributed by atoms with van der Waals surface area (Å²) in [4.78, 5) is 13.3. The lowest BCUT2D eigenvalue weighted by Gasteiger charge is -2.37. The number of halogens is 5. The minimum absolute atomic E-state index is 0.462. The number of aromatic nitrogens is 2. The van der Waals surface area contributed by atoms with Gasteiger partial charge in [0.15, 0.2) is 14.9 Å². The predicted octanol–water partition coefficient (Wildman–Crippen LogP) is 6.35. The molecule has 2 aromatic rings. The van der Waals surface area contributed by atoms with E-state index in [0.29, 0.717) is 17.1 Å². The summed E-state index contributed by atoms with van der Waals surface area (Å²) in [5.41, 5.74) is 5.70. The molecule has 183 valence electrons. The van der Waals surface area contributed by atoms with Crippen LogP contribution in [0.2, 0.25) is 0 Å². The fraction of sp³-hybridized carbons (Fsp3) is 0.231. The van der Waals surface area contributed by atoms with Crippen molar-refractivity contribution in [3.63, 3.8) is 0 Å². The van der Waals surface area contributed by atoms with Gasteiger partial charge in [0.05, 0.1) is 22.5 Å². The molecule has 1 radical (unpaired) electrons. The number of H-pyrrole nitrogens is 1. The van der Waals surface area contributed by atoms with Crippen LogP contribution in [0.25, 0.3) is 6.08 Å². The highest BCUT2D eigenvalue weighted by atomic mass is 35.5. The van der Waals surface area contributed by atoms with Crippen molar-refractivity contribution in [1.82, 2.24) is 15.3 Å². The minimum Gasteiger partial charge on any atom is -0.367 e. The fourth-order valence-corrected chi connectivity index (χ4v) is 6.46. The van der Waals surface area contributed by atoms with Crippen LogP contribution in [0.3, 0.4) is 0 Å². The molecule has 4 aliphatic heterocycles. The van der Waals surface area contributed by atoms with Crippen LogP contribution in [-0.4, -0.2) is 42.1 Å². The standard InChI is InChI=1S/C26H19Cl5N5/c1-14-10-15(7-9-32-14)25(30)22-5-4-18(34-22)11-16-2-3-17(33-16)12-19-13-21(27)26(31,35-19)23(28)20-6-8-24(25,29)36-20/h2-13,21,23,34-35H,1H3. The van der Waals surface area contributed by atoms with Crippen molar-refractivity contribution in [3.8, 4) is 0 Å². The molecule has 2 aromatic heterocycles. The third-order valence-electron chi connectivity index (χ3n) is 6.61. The predicted molar refractivity (Wildman–Crippen MR) is 149 cm³/mol. The Morgan fingerprint density at radius 3 is 2.64 bits per heavy atom. The van der Waals surface area contributed by atoms with Crippen LogP contribution in [0, 0.1) is 13.3 Å². The highest BCUT2D eigenvalue weighted by Crippen LogP contribution is 2.53. The molecule has 6 heterocycles. The number of pyridine rings is 1. The van der Waals surface area contributed by atoms with Gasteiger partial charge >= 0.3 is 0 Å². The number of hydrogen-bond donors (Lipinski definition) is 2. The summed E-state index contributed by atoms with van der Waals surface area (Å²) in [6.07, 6.45) is 14.7. The first-order valence-corrected chi connectivity index (χ1v) is 13.2. The molecule has 0 amide bonds. The molecule has 6 rings (SSSR count). The summed E-state index contributed by atoms with van der Waals surface area (Å²) in [5, 5.41) is 1.80. The second kappa shape index (κ2) is 8.50. The summed E-state index contributed by atoms with van der Waals surface area (Å²) in [5.74, 6) is 0. The molecule has 0 spiro atoms. The average molecular weight is 579 g/mol. The van der Waals surface area contributed by atoms with Crippen molar-refractivity contribution >= 4 is 75.5 Å². The Morgan fingerprint density at radius 2 is 1.83 bits per heavy atom. The van der Waals surface area contributed by atoms with Gasteiger partial charge in [-0.3, -0.25) is 9.98 Å². The third kappa shape index (κ3) is 3.71. The number of fused-ring (bicyclic) bond motifs is 6. The molecular formula is C26H19Cl5N5. The van der Waals surface area contributed by atoms with Gasteiger partial charge in [-0.1, -0.05) is 23.2 Å². The SMILES string of the molecule is Cc1cc(C2(Cl)c3ccc([nH]3)C=C3C=CC(=N3)C=C3[CH]C(Cl)C(Cl)(N3)C(Cl)C3=NC2(Cl)C=C3)ccn1. The fourth-order valence-electron chi connectivity index (χ4n) is 4.78. The van der Waals surface area contributed by atoms with E-state index in [9.17, 15) is 0 Å². The summed E-state index contributed by atoms with van der Waals surface area (Å²) in [7, 11) is 0. The van der Waals surface area contributed by atoms with Gasteiger partial charge in [-0.05, 0) is 73.2 Å². The van der Waals surface area contributed by atoms with Gasteiger partial charge in [0.1, 0.15) is 5.38 Å². The van der Waals surface area contributed by atoms with Crippen LogP contribution < -0.4 is 5.32 Å². The van der Waals surface area contributed by atoms with E-state index in [-0.39, 0.29) is 0 Å². The van der Waals surface area contributed by atoms with Crippen molar-refractivity contribution in [2.45, 2.75) is 32.5 Å². The third-order valence-corrected chi connectivity index (χ3v) is 9.72. The number of hydrogen-bond acceptors (Lipinski definition) is 4. The molecule has 5 nitrogen and oxygen atoms in total. The number of aryl methyl sites for hydroxylation is 1. The number of alkyl halides is 5. The first-order chi connectivity index (χ1) is 17.1. The number of aromatic amines is 1. The van der Waals surface area contributed by atoms with Gasteiger partial charge in [-0.2, -0.15) is 0 Å². The Morgan fingerprint density at radius 1 is 1.00 bits per heavy atom. The lowest BCUT2D eigenvalue weighted by Crippen LogP contribution is -2.51. The van der Waals surface area contributed by atoms with Gasteiger partial charge in [-0.15, -0.1) is 34.8 Å². The Bertz CT molecular complexity index is 1450. The van der Waals surface area contributed by atoms with E-state index >= 15 is 0 Å². The van der Waals surface area contributed by atoms with Crippen LogP contribution in [0.15, 0.2) is 82.2 Å². The largest absolute Gasteiger partial charge is 0.367 e. The average Bonchev–Trinajstić information content (AvgIpc) is 3.62. The summed E-state index contributed by atoms with van der Waals surface area (Å²) in [6.45, 7) is 1.89. The first kappa shape index (κ1) is 24.3. The molecule has 8 bridgehead atoms. The number of aliphatic imine (C=N–C) groups is 2. The molecule has 0 aromatic carbocycles. The first-order valence-electron chi connectivity index (χ1n) is 11.2. The Balaban J connectivity index is 1.58. The molecule has 0 aliphatic carbocycles. The zero-order valence-corrected chi connectivity index (χ0v) is 22.6. The van der Waals surface area contributed by atoms with E-state index < -0.39 is 25.6 Å². The highest BCUT2D eigenvalue weighted by Gasteiger charge is 2.56. The number of allylic oxidation sites excluding steroid dienone is 5. The second-order valence-corrected chi connectivity index (χ2v) is 11.8. The molecule has 4 aliphatic rings. The number of nitrogens with one attached hydrogen (secondary N) is 2. The van der Waals surface area contributed by atoms with Crippen molar-refractivity contribution in [3.05, 3.63) is 101 Å². The van der Waals surface area contributed by atoms with Gasteiger partial charge in [0.2, 0.25) is 0 Å². The van der Waals surface area contributed by atoms with Gasteiger partial charge in [0.25, 0.3) is 0 Å². The van der Waals surface area contributed by atoms with Crippen molar-refractivity contribution in [2.75, 3.05) is 0 Å². The van der Waals surface area contributed by atoms with Gasteiger partial charge in [0, 0.05) is 35.4 Å². The Hall–Kier alpha value is -2.02. The summed E-state index contributed by atoms with van der Waals surface area (Å²) < 4.78 is 0. The maximum atomic E-state index is 7.52. The maximum Gasteiger partial charge on any atom is 0.181 e. The zero-order valence-electron chi connectivity index (χ0n) is 18.8. The molecule has 1 saturated heterocycles. The van der Waals surface area contributed by atoms with E-state index in [2.05, 4.69) is 20.3 Å². The van der Waals surface area contributed by atoms with E-state index in [4.69, 9.17) is 63.0 Å². The van der Waals surface area contributed by atoms with Crippen LogP contribution in [-0.2, 0) is 4.87 Å². The molecule has 2 N–H and O–H groups in total. The van der Waals surface area contributed by atoms with Crippen molar-refractivity contribution < 1.29 is 0 Å². The summed E-state index contributed by atoms with van der Waals surface area (Å²) in [6, 6.07) is 7.56. The maximum absolute atomic E-state index is 7.52. The minimum atomic E-state index is -1.42. The molecule has 36 heavy (non-hydrogen) atoms. The Kier molecular flexibility index (Phi) is 5.75. The van der Waals surface area contributed by atoms with Crippen molar-refractivity contribution in [2.24, 2.45) is 9.98 Å². The van der Waals surface area contributed by atoms with E-state index in [1.165, 1.54) is 0 Å². The van der Waals surface area contributed by atoms with E-state index in [0.717, 1.165) is 28.4 Å². The quantitative estimate of drug-likeness (QED) is 0.306. The van der Waals surface area contributed by atoms with Gasteiger partial charge in [-0.25, -0.2) is 4.99 Å². The van der Waals surface area contributed by atoms with Crippen LogP contribution in [0.1, 0.15) is 22.6 Å². The monoisotopic (exact) mass is 576 g/mol. The van der Waals surface area contributed by atoms with Crippen LogP contribution in [0.4, 0.5) is 0 Å².